The monoisotopic (exact) mass is 201 g/mol. The molecule has 0 aliphatic heterocycles. The number of nitrogens with zero attached hydrogens (tertiary/aromatic N) is 3. The molecule has 74 valence electrons. The van der Waals surface area contributed by atoms with Crippen LogP contribution in [0.1, 0.15) is 5.56 Å². The van der Waals surface area contributed by atoms with Crippen LogP contribution in [0.25, 0.3) is 0 Å². The predicted molar refractivity (Wildman–Crippen MR) is 49.7 cm³/mol. The number of hydrogen-bond donors (Lipinski definition) is 0. The normalized spacial score (nSPS) is 8.40. The van der Waals surface area contributed by atoms with Crippen LogP contribution < -0.4 is 0 Å². The van der Waals surface area contributed by atoms with Gasteiger partial charge in [0.25, 0.3) is 0 Å². The van der Waals surface area contributed by atoms with Gasteiger partial charge in [0.05, 0.1) is 0 Å². The van der Waals surface area contributed by atoms with Gasteiger partial charge >= 0.3 is 6.09 Å². The smallest absolute Gasteiger partial charge is 0.437 e. The van der Waals surface area contributed by atoms with Crippen molar-refractivity contribution in [3.63, 3.8) is 0 Å². The van der Waals surface area contributed by atoms with E-state index in [1.165, 1.54) is 12.4 Å². The third-order valence-corrected chi connectivity index (χ3v) is 1.59. The van der Waals surface area contributed by atoms with Gasteiger partial charge in [-0.15, -0.1) is 4.90 Å². The Kier molecular flexibility index (Phi) is 3.70. The molecule has 1 amide bonds. The van der Waals surface area contributed by atoms with E-state index in [0.29, 0.717) is 0 Å². The van der Waals surface area contributed by atoms with Crippen LogP contribution in [0.15, 0.2) is 30.3 Å². The average Bonchev–Trinajstić information content (AvgIpc) is 2.29. The maximum absolute atomic E-state index is 11.0. The van der Waals surface area contributed by atoms with Crippen LogP contribution in [-0.2, 0) is 11.3 Å². The van der Waals surface area contributed by atoms with Crippen LogP contribution in [0.4, 0.5) is 4.79 Å². The molecule has 0 unspecified atom stereocenters. The van der Waals surface area contributed by atoms with E-state index in [1.54, 1.807) is 24.3 Å². The van der Waals surface area contributed by atoms with Gasteiger partial charge in [-0.05, 0) is 5.56 Å². The lowest BCUT2D eigenvalue weighted by atomic mass is 10.2. The minimum absolute atomic E-state index is 0.0412. The minimum Gasteiger partial charge on any atom is -0.443 e. The number of hydrogen-bond acceptors (Lipinski definition) is 4. The van der Waals surface area contributed by atoms with E-state index in [2.05, 4.69) is 0 Å². The third-order valence-electron chi connectivity index (χ3n) is 1.59. The first-order chi connectivity index (χ1) is 7.27. The summed E-state index contributed by atoms with van der Waals surface area (Å²) in [5.74, 6) is 0. The molecule has 0 saturated heterocycles. The topological polar surface area (TPSA) is 77.1 Å². The number of carbonyl (C=O) groups excluding carboxylic acids is 1. The summed E-state index contributed by atoms with van der Waals surface area (Å²) in [5.41, 5.74) is 0.793. The molecular weight excluding hydrogens is 194 g/mol. The Hall–Kier alpha value is -2.53. The van der Waals surface area contributed by atoms with Crippen molar-refractivity contribution in [2.45, 2.75) is 6.61 Å². The Labute approximate surface area is 86.7 Å². The number of amides is 1. The molecule has 5 heteroatoms. The lowest BCUT2D eigenvalue weighted by Crippen LogP contribution is -2.21. The van der Waals surface area contributed by atoms with Gasteiger partial charge in [-0.1, -0.05) is 30.3 Å². The van der Waals surface area contributed by atoms with Crippen molar-refractivity contribution >= 4 is 6.09 Å². The van der Waals surface area contributed by atoms with E-state index in [1.807, 2.05) is 6.07 Å². The van der Waals surface area contributed by atoms with Crippen LogP contribution in [-0.4, -0.2) is 11.0 Å². The maximum atomic E-state index is 11.0. The van der Waals surface area contributed by atoms with E-state index in [4.69, 9.17) is 15.3 Å². The fourth-order valence-electron chi connectivity index (χ4n) is 0.888. The molecule has 0 heterocycles. The summed E-state index contributed by atoms with van der Waals surface area (Å²) < 4.78 is 4.71. The number of benzene rings is 1. The van der Waals surface area contributed by atoms with E-state index in [9.17, 15) is 4.79 Å². The van der Waals surface area contributed by atoms with Crippen LogP contribution in [0.5, 0.6) is 0 Å². The second-order valence-electron chi connectivity index (χ2n) is 2.58. The lowest BCUT2D eigenvalue weighted by molar-refractivity contribution is 0.124. The molecule has 0 radical (unpaired) electrons. The first kappa shape index (κ1) is 10.6. The largest absolute Gasteiger partial charge is 0.443 e. The molecule has 1 aromatic carbocycles. The lowest BCUT2D eigenvalue weighted by Gasteiger charge is -2.05. The highest BCUT2D eigenvalue weighted by Gasteiger charge is 2.13. The summed E-state index contributed by atoms with van der Waals surface area (Å²) >= 11 is 0. The Bertz CT molecular complexity index is 403. The highest BCUT2D eigenvalue weighted by atomic mass is 16.6. The molecule has 15 heavy (non-hydrogen) atoms. The van der Waals surface area contributed by atoms with Gasteiger partial charge in [0.1, 0.15) is 6.61 Å². The zero-order valence-electron chi connectivity index (χ0n) is 7.75. The Morgan fingerprint density at radius 3 is 2.40 bits per heavy atom. The molecule has 0 aliphatic carbocycles. The number of carbonyl (C=O) groups is 1. The fraction of sp³-hybridized carbons (Fsp3) is 0.100. The number of nitriles is 2. The van der Waals surface area contributed by atoms with Gasteiger partial charge < -0.3 is 4.74 Å². The Balaban J connectivity index is 2.49. The van der Waals surface area contributed by atoms with Crippen molar-refractivity contribution < 1.29 is 9.53 Å². The molecule has 1 aromatic rings. The summed E-state index contributed by atoms with van der Waals surface area (Å²) in [4.78, 5) is 11.3. The van der Waals surface area contributed by atoms with Crippen LogP contribution in [0, 0.1) is 22.9 Å². The highest BCUT2D eigenvalue weighted by molar-refractivity contribution is 5.71. The third kappa shape index (κ3) is 3.02. The highest BCUT2D eigenvalue weighted by Crippen LogP contribution is 2.02. The maximum Gasteiger partial charge on any atom is 0.437 e. The van der Waals surface area contributed by atoms with Crippen molar-refractivity contribution in [3.8, 4) is 12.4 Å². The zero-order chi connectivity index (χ0) is 11.1. The van der Waals surface area contributed by atoms with Gasteiger partial charge in [-0.25, -0.2) is 4.79 Å². The fourth-order valence-corrected chi connectivity index (χ4v) is 0.888. The Morgan fingerprint density at radius 1 is 1.27 bits per heavy atom. The van der Waals surface area contributed by atoms with Crippen LogP contribution >= 0.6 is 0 Å². The summed E-state index contributed by atoms with van der Waals surface area (Å²) in [7, 11) is 0. The van der Waals surface area contributed by atoms with E-state index < -0.39 is 6.09 Å². The molecule has 0 N–H and O–H groups in total. The molecule has 0 fully saturated rings. The molecule has 0 aliphatic rings. The molecular formula is C10H7N3O2. The molecule has 0 bridgehead atoms. The van der Waals surface area contributed by atoms with Gasteiger partial charge in [0.15, 0.2) is 0 Å². The van der Waals surface area contributed by atoms with Gasteiger partial charge in [0.2, 0.25) is 12.4 Å². The summed E-state index contributed by atoms with van der Waals surface area (Å²) in [5, 5.41) is 16.7. The zero-order valence-corrected chi connectivity index (χ0v) is 7.75. The second kappa shape index (κ2) is 5.25. The van der Waals surface area contributed by atoms with Gasteiger partial charge in [-0.3, -0.25) is 0 Å². The molecule has 0 atom stereocenters. The minimum atomic E-state index is -0.969. The molecule has 0 spiro atoms. The van der Waals surface area contributed by atoms with Crippen molar-refractivity contribution in [1.82, 2.24) is 4.90 Å². The van der Waals surface area contributed by atoms with Crippen molar-refractivity contribution in [2.24, 2.45) is 0 Å². The Morgan fingerprint density at radius 2 is 1.87 bits per heavy atom. The van der Waals surface area contributed by atoms with E-state index >= 15 is 0 Å². The van der Waals surface area contributed by atoms with Crippen LogP contribution in [0.3, 0.4) is 0 Å². The first-order valence-corrected chi connectivity index (χ1v) is 4.08. The molecule has 5 nitrogen and oxygen atoms in total. The molecule has 0 saturated carbocycles. The van der Waals surface area contributed by atoms with Gasteiger partial charge in [0, 0.05) is 0 Å². The SMILES string of the molecule is N#CN(C#N)C(=O)OCc1ccccc1. The molecule has 0 aromatic heterocycles. The standard InChI is InChI=1S/C10H7N3O2/c11-7-13(8-12)10(14)15-6-9-4-2-1-3-5-9/h1-5H,6H2. The van der Waals surface area contributed by atoms with Crippen molar-refractivity contribution in [1.29, 1.82) is 10.5 Å². The summed E-state index contributed by atoms with van der Waals surface area (Å²) in [6.45, 7) is 0.0412. The summed E-state index contributed by atoms with van der Waals surface area (Å²) in [6, 6.07) is 8.99. The quantitative estimate of drug-likeness (QED) is 0.537. The van der Waals surface area contributed by atoms with Crippen molar-refractivity contribution in [2.75, 3.05) is 0 Å². The summed E-state index contributed by atoms with van der Waals surface area (Å²) in [6.07, 6.45) is 1.80. The number of ether oxygens (including phenoxy) is 1. The predicted octanol–water partition coefficient (Wildman–Crippen LogP) is 1.59. The molecule has 1 rings (SSSR count). The van der Waals surface area contributed by atoms with Crippen molar-refractivity contribution in [3.05, 3.63) is 35.9 Å². The van der Waals surface area contributed by atoms with Gasteiger partial charge in [-0.2, -0.15) is 10.5 Å². The number of rotatable bonds is 2. The van der Waals surface area contributed by atoms with E-state index in [-0.39, 0.29) is 11.5 Å². The first-order valence-electron chi connectivity index (χ1n) is 4.08. The van der Waals surface area contributed by atoms with E-state index in [0.717, 1.165) is 5.56 Å². The second-order valence-corrected chi connectivity index (χ2v) is 2.58. The van der Waals surface area contributed by atoms with Crippen LogP contribution in [0.2, 0.25) is 0 Å². The average molecular weight is 201 g/mol.